The Morgan fingerprint density at radius 3 is 2.31 bits per heavy atom. The Morgan fingerprint density at radius 2 is 1.66 bits per heavy atom. The van der Waals surface area contributed by atoms with Gasteiger partial charge in [-0.2, -0.15) is 0 Å². The maximum Gasteiger partial charge on any atom is 0.314 e. The summed E-state index contributed by atoms with van der Waals surface area (Å²) in [6, 6.07) is 3.15. The van der Waals surface area contributed by atoms with Crippen LogP contribution in [-0.4, -0.2) is 47.1 Å². The number of ether oxygens (including phenoxy) is 2. The highest BCUT2D eigenvalue weighted by atomic mass is 16.5. The number of aromatic nitrogens is 2. The Labute approximate surface area is 169 Å². The molecule has 29 heavy (non-hydrogen) atoms. The number of aryl methyl sites for hydroxylation is 1. The van der Waals surface area contributed by atoms with E-state index >= 15 is 0 Å². The van der Waals surface area contributed by atoms with Crippen molar-refractivity contribution in [3.05, 3.63) is 44.0 Å². The predicted molar refractivity (Wildman–Crippen MR) is 114 cm³/mol. The fourth-order valence-corrected chi connectivity index (χ4v) is 3.49. The van der Waals surface area contributed by atoms with E-state index in [2.05, 4.69) is 23.8 Å². The van der Waals surface area contributed by atoms with Crippen LogP contribution in [-0.2, 0) is 15.9 Å². The standard InChI is InChI=1S/C21H28N4O4/c1-6-28-20-15(23-21(29-7-2)16(25-20)11(3)4)10-13-12(5)8-9-14-17(13)24-19(27)18(26)22-14/h8-9,11,15-16H,6-7,10H2,1-5H3,(H,22,26)(H,24,27)/t15?,16-/m1/s1. The molecule has 2 N–H and O–H groups in total. The molecule has 2 heterocycles. The predicted octanol–water partition coefficient (Wildman–Crippen LogP) is 2.34. The van der Waals surface area contributed by atoms with Crippen LogP contribution in [0.3, 0.4) is 0 Å². The van der Waals surface area contributed by atoms with E-state index in [0.717, 1.165) is 11.1 Å². The number of H-pyrrole nitrogens is 2. The van der Waals surface area contributed by atoms with E-state index in [0.29, 0.717) is 42.5 Å². The third-order valence-corrected chi connectivity index (χ3v) is 4.94. The molecule has 1 aromatic carbocycles. The van der Waals surface area contributed by atoms with Gasteiger partial charge >= 0.3 is 11.1 Å². The summed E-state index contributed by atoms with van der Waals surface area (Å²) in [7, 11) is 0. The Kier molecular flexibility index (Phi) is 6.20. The summed E-state index contributed by atoms with van der Waals surface area (Å²) in [6.07, 6.45) is 0.464. The summed E-state index contributed by atoms with van der Waals surface area (Å²) < 4.78 is 11.6. The molecule has 0 bridgehead atoms. The van der Waals surface area contributed by atoms with Crippen LogP contribution in [0, 0.1) is 12.8 Å². The average molecular weight is 400 g/mol. The molecule has 0 radical (unpaired) electrons. The molecule has 3 rings (SSSR count). The number of hydrogen-bond acceptors (Lipinski definition) is 6. The molecule has 1 aliphatic rings. The van der Waals surface area contributed by atoms with Crippen LogP contribution in [0.4, 0.5) is 0 Å². The minimum absolute atomic E-state index is 0.183. The van der Waals surface area contributed by atoms with Gasteiger partial charge in [0.1, 0.15) is 12.1 Å². The maximum atomic E-state index is 11.9. The molecular formula is C21H28N4O4. The molecule has 0 aliphatic carbocycles. The molecule has 1 unspecified atom stereocenters. The third kappa shape index (κ3) is 4.26. The number of aliphatic imine (C=N–C) groups is 2. The first-order chi connectivity index (χ1) is 13.8. The minimum Gasteiger partial charge on any atom is -0.480 e. The first-order valence-electron chi connectivity index (χ1n) is 10.0. The molecule has 1 aromatic heterocycles. The Balaban J connectivity index is 2.08. The molecule has 0 fully saturated rings. The van der Waals surface area contributed by atoms with Crippen LogP contribution in [0.15, 0.2) is 31.7 Å². The fourth-order valence-electron chi connectivity index (χ4n) is 3.49. The van der Waals surface area contributed by atoms with Crippen molar-refractivity contribution in [2.45, 2.75) is 53.1 Å². The van der Waals surface area contributed by atoms with Crippen molar-refractivity contribution in [2.24, 2.45) is 15.9 Å². The van der Waals surface area contributed by atoms with Gasteiger partial charge in [-0.3, -0.25) is 9.59 Å². The zero-order valence-corrected chi connectivity index (χ0v) is 17.5. The van der Waals surface area contributed by atoms with E-state index in [9.17, 15) is 9.59 Å². The van der Waals surface area contributed by atoms with Gasteiger partial charge < -0.3 is 19.4 Å². The lowest BCUT2D eigenvalue weighted by molar-refractivity contribution is 0.276. The van der Waals surface area contributed by atoms with E-state index in [-0.39, 0.29) is 18.0 Å². The average Bonchev–Trinajstić information content (AvgIpc) is 2.67. The van der Waals surface area contributed by atoms with Gasteiger partial charge in [0.15, 0.2) is 0 Å². The van der Waals surface area contributed by atoms with Gasteiger partial charge in [-0.25, -0.2) is 9.98 Å². The molecule has 8 heteroatoms. The van der Waals surface area contributed by atoms with Crippen molar-refractivity contribution >= 4 is 22.8 Å². The van der Waals surface area contributed by atoms with Gasteiger partial charge in [0, 0.05) is 6.42 Å². The third-order valence-electron chi connectivity index (χ3n) is 4.94. The quantitative estimate of drug-likeness (QED) is 0.751. The summed E-state index contributed by atoms with van der Waals surface area (Å²) in [4.78, 5) is 38.6. The summed E-state index contributed by atoms with van der Waals surface area (Å²) in [5, 5.41) is 0. The lowest BCUT2D eigenvalue weighted by Crippen LogP contribution is -2.39. The van der Waals surface area contributed by atoms with Crippen LogP contribution in [0.25, 0.3) is 11.0 Å². The van der Waals surface area contributed by atoms with Crippen molar-refractivity contribution < 1.29 is 9.47 Å². The van der Waals surface area contributed by atoms with Gasteiger partial charge in [-0.15, -0.1) is 0 Å². The molecule has 8 nitrogen and oxygen atoms in total. The minimum atomic E-state index is -0.676. The SMILES string of the molecule is CCOC1=N[C@H](C(C)C)C(OCC)=NC1Cc1c(C)ccc2[nH]c(=O)c(=O)[nH]c12. The highest BCUT2D eigenvalue weighted by Gasteiger charge is 2.32. The van der Waals surface area contributed by atoms with E-state index in [1.165, 1.54) is 0 Å². The number of aromatic amines is 2. The van der Waals surface area contributed by atoms with Crippen LogP contribution in [0.2, 0.25) is 0 Å². The fraction of sp³-hybridized carbons (Fsp3) is 0.524. The maximum absolute atomic E-state index is 11.9. The summed E-state index contributed by atoms with van der Waals surface area (Å²) in [5.74, 6) is 1.39. The number of hydrogen-bond donors (Lipinski definition) is 2. The molecule has 0 saturated carbocycles. The molecule has 2 aromatic rings. The van der Waals surface area contributed by atoms with Crippen molar-refractivity contribution in [2.75, 3.05) is 13.2 Å². The molecule has 0 amide bonds. The van der Waals surface area contributed by atoms with Crippen LogP contribution in [0.1, 0.15) is 38.8 Å². The monoisotopic (exact) mass is 400 g/mol. The highest BCUT2D eigenvalue weighted by Crippen LogP contribution is 2.24. The molecular weight excluding hydrogens is 372 g/mol. The number of rotatable bonds is 5. The summed E-state index contributed by atoms with van der Waals surface area (Å²) in [6.45, 7) is 10.9. The largest absolute Gasteiger partial charge is 0.480 e. The molecule has 0 spiro atoms. The Bertz CT molecular complexity index is 1060. The zero-order chi connectivity index (χ0) is 21.1. The molecule has 0 saturated heterocycles. The van der Waals surface area contributed by atoms with Gasteiger partial charge in [0.05, 0.1) is 24.2 Å². The lowest BCUT2D eigenvalue weighted by Gasteiger charge is -2.28. The second-order valence-corrected chi connectivity index (χ2v) is 7.40. The normalized spacial score (nSPS) is 19.2. The second-order valence-electron chi connectivity index (χ2n) is 7.40. The van der Waals surface area contributed by atoms with E-state index < -0.39 is 11.1 Å². The molecule has 1 aliphatic heterocycles. The van der Waals surface area contributed by atoms with Crippen molar-refractivity contribution in [3.63, 3.8) is 0 Å². The number of nitrogens with one attached hydrogen (secondary N) is 2. The van der Waals surface area contributed by atoms with Crippen molar-refractivity contribution in [1.82, 2.24) is 9.97 Å². The van der Waals surface area contributed by atoms with Crippen LogP contribution >= 0.6 is 0 Å². The Hall–Kier alpha value is -2.90. The molecule has 156 valence electrons. The van der Waals surface area contributed by atoms with E-state index in [4.69, 9.17) is 19.5 Å². The number of fused-ring (bicyclic) bond motifs is 1. The van der Waals surface area contributed by atoms with Crippen LogP contribution < -0.4 is 11.1 Å². The van der Waals surface area contributed by atoms with E-state index in [1.54, 1.807) is 6.07 Å². The summed E-state index contributed by atoms with van der Waals surface area (Å²) in [5.41, 5.74) is 1.70. The van der Waals surface area contributed by atoms with E-state index in [1.807, 2.05) is 26.8 Å². The van der Waals surface area contributed by atoms with Gasteiger partial charge in [-0.1, -0.05) is 19.9 Å². The highest BCUT2D eigenvalue weighted by molar-refractivity contribution is 5.94. The first kappa shape index (κ1) is 20.8. The number of benzene rings is 1. The lowest BCUT2D eigenvalue weighted by atomic mass is 9.97. The van der Waals surface area contributed by atoms with Gasteiger partial charge in [0.2, 0.25) is 11.8 Å². The first-order valence-corrected chi connectivity index (χ1v) is 10.0. The zero-order valence-electron chi connectivity index (χ0n) is 17.5. The second kappa shape index (κ2) is 8.63. The van der Waals surface area contributed by atoms with Gasteiger partial charge in [0.25, 0.3) is 0 Å². The summed E-state index contributed by atoms with van der Waals surface area (Å²) >= 11 is 0. The van der Waals surface area contributed by atoms with Crippen molar-refractivity contribution in [3.8, 4) is 0 Å². The van der Waals surface area contributed by atoms with Crippen LogP contribution in [0.5, 0.6) is 0 Å². The number of nitrogens with zero attached hydrogens (tertiary/aromatic N) is 2. The molecule has 2 atom stereocenters. The Morgan fingerprint density at radius 1 is 1.00 bits per heavy atom. The topological polar surface area (TPSA) is 109 Å². The van der Waals surface area contributed by atoms with Gasteiger partial charge in [-0.05, 0) is 43.9 Å². The van der Waals surface area contributed by atoms with Crippen molar-refractivity contribution in [1.29, 1.82) is 0 Å². The smallest absolute Gasteiger partial charge is 0.314 e.